The van der Waals surface area contributed by atoms with Crippen LogP contribution in [0.25, 0.3) is 0 Å². The van der Waals surface area contributed by atoms with Crippen molar-refractivity contribution in [3.8, 4) is 0 Å². The number of rotatable bonds is 12. The quantitative estimate of drug-likeness (QED) is 0.115. The van der Waals surface area contributed by atoms with Crippen molar-refractivity contribution in [1.82, 2.24) is 10.6 Å². The van der Waals surface area contributed by atoms with Crippen molar-refractivity contribution in [3.05, 3.63) is 0 Å². The predicted molar refractivity (Wildman–Crippen MR) is 99.3 cm³/mol. The molecule has 0 fully saturated rings. The maximum absolute atomic E-state index is 12.0. The smallest absolute Gasteiger partial charge is 0.326 e. The first-order valence-corrected chi connectivity index (χ1v) is 8.76. The van der Waals surface area contributed by atoms with Gasteiger partial charge < -0.3 is 27.2 Å². The van der Waals surface area contributed by atoms with Crippen LogP contribution in [-0.4, -0.2) is 53.7 Å². The van der Waals surface area contributed by atoms with E-state index in [1.165, 1.54) is 0 Å². The number of nitrogens with two attached hydrogens (primary N) is 2. The molecule has 0 aromatic carbocycles. The molecule has 0 aromatic heterocycles. The number of hydrogen-bond donors (Lipinski definition) is 6. The molecule has 0 aliphatic carbocycles. The predicted octanol–water partition coefficient (Wildman–Crippen LogP) is -0.682. The molecule has 0 bridgehead atoms. The number of carboxylic acids is 1. The number of guanidine groups is 1. The molecule has 10 heteroatoms. The van der Waals surface area contributed by atoms with E-state index in [2.05, 4.69) is 28.3 Å². The van der Waals surface area contributed by atoms with Gasteiger partial charge in [-0.05, 0) is 25.2 Å². The minimum Gasteiger partial charge on any atom is -0.480 e. The number of nitrogens with zero attached hydrogens (tertiary/aromatic N) is 1. The monoisotopic (exact) mass is 375 g/mol. The molecule has 0 aliphatic rings. The number of carboxylic acid groups (broad SMARTS) is 1. The first-order chi connectivity index (χ1) is 11.7. The number of aliphatic imine (C=N–C) groups is 1. The number of nitrogens with one attached hydrogen (secondary N) is 2. The average Bonchev–Trinajstić information content (AvgIpc) is 2.52. The van der Waals surface area contributed by atoms with Crippen LogP contribution >= 0.6 is 12.6 Å². The van der Waals surface area contributed by atoms with Crippen LogP contribution in [0, 0.1) is 11.8 Å². The third-order valence-corrected chi connectivity index (χ3v) is 3.79. The van der Waals surface area contributed by atoms with Crippen molar-refractivity contribution in [2.75, 3.05) is 18.8 Å². The summed E-state index contributed by atoms with van der Waals surface area (Å²) >= 11 is 4.15. The Bertz CT molecular complexity index is 481. The third-order valence-electron chi connectivity index (χ3n) is 3.35. The molecule has 2 amide bonds. The highest BCUT2D eigenvalue weighted by atomic mass is 32.1. The van der Waals surface area contributed by atoms with E-state index < -0.39 is 17.9 Å². The molecule has 0 aromatic rings. The van der Waals surface area contributed by atoms with Gasteiger partial charge in [-0.1, -0.05) is 13.8 Å². The molecule has 0 saturated heterocycles. The average molecular weight is 375 g/mol. The van der Waals surface area contributed by atoms with Gasteiger partial charge in [0.2, 0.25) is 11.8 Å². The molecule has 25 heavy (non-hydrogen) atoms. The Labute approximate surface area is 153 Å². The zero-order chi connectivity index (χ0) is 19.4. The van der Waals surface area contributed by atoms with Crippen molar-refractivity contribution in [1.29, 1.82) is 0 Å². The highest BCUT2D eigenvalue weighted by Gasteiger charge is 2.22. The van der Waals surface area contributed by atoms with E-state index in [-0.39, 0.29) is 37.3 Å². The van der Waals surface area contributed by atoms with Gasteiger partial charge >= 0.3 is 5.97 Å². The summed E-state index contributed by atoms with van der Waals surface area (Å²) in [6.07, 6.45) is 1.25. The summed E-state index contributed by atoms with van der Waals surface area (Å²) < 4.78 is 0. The Morgan fingerprint density at radius 3 is 2.36 bits per heavy atom. The van der Waals surface area contributed by atoms with E-state index in [4.69, 9.17) is 16.6 Å². The molecule has 1 unspecified atom stereocenters. The van der Waals surface area contributed by atoms with Gasteiger partial charge in [0.05, 0.1) is 6.54 Å². The van der Waals surface area contributed by atoms with Crippen LogP contribution < -0.4 is 22.1 Å². The zero-order valence-electron chi connectivity index (χ0n) is 14.7. The normalized spacial score (nSPS) is 13.0. The Morgan fingerprint density at radius 1 is 1.24 bits per heavy atom. The zero-order valence-corrected chi connectivity index (χ0v) is 15.6. The molecule has 0 aliphatic heterocycles. The van der Waals surface area contributed by atoms with Gasteiger partial charge in [-0.3, -0.25) is 14.6 Å². The topological polar surface area (TPSA) is 160 Å². The van der Waals surface area contributed by atoms with E-state index in [0.717, 1.165) is 0 Å². The summed E-state index contributed by atoms with van der Waals surface area (Å²) in [5, 5.41) is 14.0. The van der Waals surface area contributed by atoms with Crippen molar-refractivity contribution in [3.63, 3.8) is 0 Å². The molecule has 9 nitrogen and oxygen atoms in total. The number of thiol groups is 1. The minimum atomic E-state index is -1.16. The van der Waals surface area contributed by atoms with E-state index in [1.54, 1.807) is 0 Å². The van der Waals surface area contributed by atoms with Crippen molar-refractivity contribution < 1.29 is 19.5 Å². The van der Waals surface area contributed by atoms with Crippen LogP contribution in [0.5, 0.6) is 0 Å². The second-order valence-corrected chi connectivity index (χ2v) is 6.50. The first-order valence-electron chi connectivity index (χ1n) is 8.13. The maximum atomic E-state index is 12.0. The van der Waals surface area contributed by atoms with Crippen LogP contribution in [0.2, 0.25) is 0 Å². The number of carbonyl (C=O) groups excluding carboxylic acids is 2. The van der Waals surface area contributed by atoms with E-state index in [1.807, 2.05) is 13.8 Å². The maximum Gasteiger partial charge on any atom is 0.326 e. The standard InChI is InChI=1S/C15H29N5O4S/c1-9(2)6-10(8-25)13(22)19-7-12(21)20-11(14(23)24)4-3-5-18-15(16)17/h9-11,25H,3-8H2,1-2H3,(H,19,22)(H,20,21)(H,23,24)(H4,16,17,18)/t10?,11-/m0/s1. The highest BCUT2D eigenvalue weighted by molar-refractivity contribution is 7.80. The summed E-state index contributed by atoms with van der Waals surface area (Å²) in [6, 6.07) is -1.06. The SMILES string of the molecule is CC(C)CC(CS)C(=O)NCC(=O)N[C@@H](CCCN=C(N)N)C(=O)O. The second-order valence-electron chi connectivity index (χ2n) is 6.13. The second kappa shape index (κ2) is 12.4. The third kappa shape index (κ3) is 11.2. The molecular formula is C15H29N5O4S. The lowest BCUT2D eigenvalue weighted by Crippen LogP contribution is -2.46. The Hall–Kier alpha value is -1.97. The molecule has 7 N–H and O–H groups in total. The molecule has 0 saturated carbocycles. The molecule has 0 radical (unpaired) electrons. The molecule has 0 heterocycles. The van der Waals surface area contributed by atoms with Gasteiger partial charge in [0, 0.05) is 18.2 Å². The number of hydrogen-bond acceptors (Lipinski definition) is 5. The molecule has 144 valence electrons. The first kappa shape index (κ1) is 23.0. The van der Waals surface area contributed by atoms with Gasteiger partial charge in [0.1, 0.15) is 6.04 Å². The molecule has 2 atom stereocenters. The van der Waals surface area contributed by atoms with Gasteiger partial charge in [-0.2, -0.15) is 12.6 Å². The summed E-state index contributed by atoms with van der Waals surface area (Å²) in [6.45, 7) is 3.99. The summed E-state index contributed by atoms with van der Waals surface area (Å²) in [4.78, 5) is 38.8. The van der Waals surface area contributed by atoms with Crippen molar-refractivity contribution in [2.45, 2.75) is 39.2 Å². The Morgan fingerprint density at radius 2 is 1.88 bits per heavy atom. The fourth-order valence-electron chi connectivity index (χ4n) is 2.15. The fourth-order valence-corrected chi connectivity index (χ4v) is 2.47. The number of aliphatic carboxylic acids is 1. The lowest BCUT2D eigenvalue weighted by atomic mass is 9.98. The Kier molecular flexibility index (Phi) is 11.4. The van der Waals surface area contributed by atoms with Crippen LogP contribution in [0.4, 0.5) is 0 Å². The number of amides is 2. The molecule has 0 rings (SSSR count). The minimum absolute atomic E-state index is 0.0706. The van der Waals surface area contributed by atoms with E-state index in [0.29, 0.717) is 24.5 Å². The van der Waals surface area contributed by atoms with Crippen LogP contribution in [-0.2, 0) is 14.4 Å². The van der Waals surface area contributed by atoms with Crippen LogP contribution in [0.3, 0.4) is 0 Å². The summed E-state index contributed by atoms with van der Waals surface area (Å²) in [5.74, 6) is -1.63. The van der Waals surface area contributed by atoms with E-state index >= 15 is 0 Å². The largest absolute Gasteiger partial charge is 0.480 e. The van der Waals surface area contributed by atoms with Gasteiger partial charge in [0.15, 0.2) is 5.96 Å². The number of carbonyl (C=O) groups is 3. The lowest BCUT2D eigenvalue weighted by Gasteiger charge is -2.17. The summed E-state index contributed by atoms with van der Waals surface area (Å²) in [5.41, 5.74) is 10.4. The van der Waals surface area contributed by atoms with Crippen molar-refractivity contribution >= 4 is 36.4 Å². The van der Waals surface area contributed by atoms with Crippen LogP contribution in [0.15, 0.2) is 4.99 Å². The van der Waals surface area contributed by atoms with Gasteiger partial charge in [0.25, 0.3) is 0 Å². The fraction of sp³-hybridized carbons (Fsp3) is 0.733. The summed E-state index contributed by atoms with van der Waals surface area (Å²) in [7, 11) is 0. The molecule has 0 spiro atoms. The highest BCUT2D eigenvalue weighted by Crippen LogP contribution is 2.13. The lowest BCUT2D eigenvalue weighted by molar-refractivity contribution is -0.142. The molecular weight excluding hydrogens is 346 g/mol. The van der Waals surface area contributed by atoms with Gasteiger partial charge in [-0.15, -0.1) is 0 Å². The Balaban J connectivity index is 4.36. The van der Waals surface area contributed by atoms with Crippen molar-refractivity contribution in [2.24, 2.45) is 28.3 Å². The van der Waals surface area contributed by atoms with E-state index in [9.17, 15) is 14.4 Å². The van der Waals surface area contributed by atoms with Crippen LogP contribution in [0.1, 0.15) is 33.1 Å². The van der Waals surface area contributed by atoms with Gasteiger partial charge in [-0.25, -0.2) is 4.79 Å².